The van der Waals surface area contributed by atoms with E-state index in [0.717, 1.165) is 50.5 Å². The molecule has 0 radical (unpaired) electrons. The van der Waals surface area contributed by atoms with Crippen molar-refractivity contribution in [2.24, 2.45) is 0 Å². The van der Waals surface area contributed by atoms with Crippen molar-refractivity contribution >= 4 is 6.03 Å². The van der Waals surface area contributed by atoms with Crippen LogP contribution in [0.25, 0.3) is 0 Å². The summed E-state index contributed by atoms with van der Waals surface area (Å²) in [6.07, 6.45) is 4.59. The lowest BCUT2D eigenvalue weighted by atomic mass is 9.79. The fourth-order valence-electron chi connectivity index (χ4n) is 6.02. The number of hydrogen-bond donors (Lipinski definition) is 1. The molecular weight excluding hydrogens is 454 g/mol. The first-order valence-corrected chi connectivity index (χ1v) is 13.4. The number of aromatic nitrogens is 2. The molecule has 2 atom stereocenters. The summed E-state index contributed by atoms with van der Waals surface area (Å²) in [6.45, 7) is 10.3. The lowest BCUT2D eigenvalue weighted by Crippen LogP contribution is -2.66. The van der Waals surface area contributed by atoms with Crippen LogP contribution in [0.2, 0.25) is 0 Å². The van der Waals surface area contributed by atoms with E-state index < -0.39 is 18.0 Å². The van der Waals surface area contributed by atoms with Crippen LogP contribution < -0.4 is 5.32 Å². The van der Waals surface area contributed by atoms with E-state index in [1.165, 1.54) is 0 Å². The lowest BCUT2D eigenvalue weighted by molar-refractivity contribution is -0.125. The van der Waals surface area contributed by atoms with Crippen molar-refractivity contribution in [3.63, 3.8) is 0 Å². The van der Waals surface area contributed by atoms with E-state index in [1.807, 2.05) is 4.90 Å². The number of rotatable bonds is 5. The van der Waals surface area contributed by atoms with Gasteiger partial charge in [-0.25, -0.2) is 13.6 Å². The normalized spacial score (nSPS) is 29.9. The van der Waals surface area contributed by atoms with E-state index in [2.05, 4.69) is 41.1 Å². The van der Waals surface area contributed by atoms with Crippen molar-refractivity contribution in [3.05, 3.63) is 11.7 Å². The minimum atomic E-state index is -2.80. The second-order valence-corrected chi connectivity index (χ2v) is 11.6. The average Bonchev–Trinajstić information content (AvgIpc) is 3.55. The SMILES string of the molecule is CC(C)N1CCN([C@H]2[C@H](NC(=O)N3CCC(C)(c4noc(C5CC5)n4)CC3)CCCC2(F)F)CC1. The molecule has 5 rings (SSSR count). The van der Waals surface area contributed by atoms with Gasteiger partial charge in [0.05, 0.1) is 12.1 Å². The molecule has 2 amide bonds. The van der Waals surface area contributed by atoms with Crippen LogP contribution in [0.4, 0.5) is 13.6 Å². The number of amides is 2. The van der Waals surface area contributed by atoms with Gasteiger partial charge in [0.15, 0.2) is 5.82 Å². The van der Waals surface area contributed by atoms with Crippen LogP contribution in [0.5, 0.6) is 0 Å². The molecule has 2 aliphatic carbocycles. The summed E-state index contributed by atoms with van der Waals surface area (Å²) in [7, 11) is 0. The fourth-order valence-corrected chi connectivity index (χ4v) is 6.02. The molecule has 1 N–H and O–H groups in total. The van der Waals surface area contributed by atoms with E-state index in [9.17, 15) is 4.79 Å². The zero-order valence-corrected chi connectivity index (χ0v) is 21.3. The molecule has 8 nitrogen and oxygen atoms in total. The van der Waals surface area contributed by atoms with Crippen molar-refractivity contribution in [1.29, 1.82) is 0 Å². The third-order valence-corrected chi connectivity index (χ3v) is 8.68. The molecule has 2 saturated carbocycles. The van der Waals surface area contributed by atoms with Crippen LogP contribution in [0.15, 0.2) is 4.52 Å². The highest BCUT2D eigenvalue weighted by atomic mass is 19.3. The molecule has 0 spiro atoms. The molecule has 0 bridgehead atoms. The van der Waals surface area contributed by atoms with Crippen LogP contribution in [-0.2, 0) is 5.41 Å². The molecule has 4 aliphatic rings. The third kappa shape index (κ3) is 5.19. The van der Waals surface area contributed by atoms with Crippen LogP contribution in [0.3, 0.4) is 0 Å². The summed E-state index contributed by atoms with van der Waals surface area (Å²) in [5.41, 5.74) is -0.232. The van der Waals surface area contributed by atoms with Gasteiger partial charge < -0.3 is 14.7 Å². The number of alkyl halides is 2. The molecule has 2 aliphatic heterocycles. The summed E-state index contributed by atoms with van der Waals surface area (Å²) in [4.78, 5) is 23.8. The predicted molar refractivity (Wildman–Crippen MR) is 128 cm³/mol. The average molecular weight is 495 g/mol. The second kappa shape index (κ2) is 9.57. The molecule has 35 heavy (non-hydrogen) atoms. The highest BCUT2D eigenvalue weighted by molar-refractivity contribution is 5.74. The lowest BCUT2D eigenvalue weighted by Gasteiger charge is -2.48. The number of carbonyl (C=O) groups excluding carboxylic acids is 1. The number of carbonyl (C=O) groups is 1. The summed E-state index contributed by atoms with van der Waals surface area (Å²) in [6, 6.07) is -1.29. The Morgan fingerprint density at radius 3 is 2.37 bits per heavy atom. The highest BCUT2D eigenvalue weighted by Gasteiger charge is 2.51. The minimum Gasteiger partial charge on any atom is -0.339 e. The highest BCUT2D eigenvalue weighted by Crippen LogP contribution is 2.41. The molecule has 0 unspecified atom stereocenters. The smallest absolute Gasteiger partial charge is 0.317 e. The van der Waals surface area contributed by atoms with E-state index in [4.69, 9.17) is 4.52 Å². The van der Waals surface area contributed by atoms with Gasteiger partial charge in [-0.2, -0.15) is 4.98 Å². The third-order valence-electron chi connectivity index (χ3n) is 8.68. The summed E-state index contributed by atoms with van der Waals surface area (Å²) < 4.78 is 35.8. The summed E-state index contributed by atoms with van der Waals surface area (Å²) in [5.74, 6) is -0.915. The molecule has 196 valence electrons. The van der Waals surface area contributed by atoms with E-state index in [1.54, 1.807) is 4.90 Å². The Bertz CT molecular complexity index is 888. The largest absolute Gasteiger partial charge is 0.339 e. The van der Waals surface area contributed by atoms with Crippen molar-refractivity contribution in [3.8, 4) is 0 Å². The van der Waals surface area contributed by atoms with Crippen molar-refractivity contribution in [2.45, 2.75) is 101 Å². The number of halogens is 2. The summed E-state index contributed by atoms with van der Waals surface area (Å²) >= 11 is 0. The monoisotopic (exact) mass is 494 g/mol. The Labute approximate surface area is 206 Å². The Morgan fingerprint density at radius 1 is 1.06 bits per heavy atom. The first-order chi connectivity index (χ1) is 16.7. The van der Waals surface area contributed by atoms with Gasteiger partial charge in [0.1, 0.15) is 0 Å². The van der Waals surface area contributed by atoms with Gasteiger partial charge in [0.25, 0.3) is 5.92 Å². The molecule has 10 heteroatoms. The summed E-state index contributed by atoms with van der Waals surface area (Å²) in [5, 5.41) is 7.25. The predicted octanol–water partition coefficient (Wildman–Crippen LogP) is 3.59. The van der Waals surface area contributed by atoms with Crippen molar-refractivity contribution < 1.29 is 18.1 Å². The van der Waals surface area contributed by atoms with Gasteiger partial charge in [0, 0.05) is 63.1 Å². The maximum Gasteiger partial charge on any atom is 0.317 e. The van der Waals surface area contributed by atoms with Gasteiger partial charge >= 0.3 is 6.03 Å². The number of likely N-dealkylation sites (tertiary alicyclic amines) is 1. The Morgan fingerprint density at radius 2 is 1.74 bits per heavy atom. The number of hydrogen-bond acceptors (Lipinski definition) is 6. The molecule has 3 heterocycles. The van der Waals surface area contributed by atoms with E-state index in [-0.39, 0.29) is 17.9 Å². The fraction of sp³-hybridized carbons (Fsp3) is 0.880. The van der Waals surface area contributed by atoms with Crippen LogP contribution in [0, 0.1) is 0 Å². The molecule has 4 fully saturated rings. The van der Waals surface area contributed by atoms with E-state index in [0.29, 0.717) is 51.0 Å². The van der Waals surface area contributed by atoms with Crippen LogP contribution >= 0.6 is 0 Å². The zero-order chi connectivity index (χ0) is 24.8. The second-order valence-electron chi connectivity index (χ2n) is 11.6. The van der Waals surface area contributed by atoms with Crippen molar-refractivity contribution in [1.82, 2.24) is 30.2 Å². The first-order valence-electron chi connectivity index (χ1n) is 13.4. The van der Waals surface area contributed by atoms with Crippen LogP contribution in [0.1, 0.15) is 83.3 Å². The molecular formula is C25H40F2N6O2. The van der Waals surface area contributed by atoms with Gasteiger partial charge in [-0.05, 0) is 52.4 Å². The Hall–Kier alpha value is -1.81. The maximum absolute atomic E-state index is 15.2. The van der Waals surface area contributed by atoms with Gasteiger partial charge in [-0.3, -0.25) is 9.80 Å². The van der Waals surface area contributed by atoms with Gasteiger partial charge in [-0.1, -0.05) is 12.1 Å². The first kappa shape index (κ1) is 24.9. The molecule has 0 aromatic carbocycles. The minimum absolute atomic E-state index is 0.107. The van der Waals surface area contributed by atoms with E-state index >= 15 is 8.78 Å². The Balaban J connectivity index is 1.19. The number of nitrogens with zero attached hydrogens (tertiary/aromatic N) is 5. The molecule has 1 aromatic rings. The number of piperidine rings is 1. The number of piperazine rings is 1. The Kier molecular flexibility index (Phi) is 6.80. The zero-order valence-electron chi connectivity index (χ0n) is 21.3. The van der Waals surface area contributed by atoms with Gasteiger partial charge in [0.2, 0.25) is 5.89 Å². The quantitative estimate of drug-likeness (QED) is 0.674. The maximum atomic E-state index is 15.2. The molecule has 2 saturated heterocycles. The number of nitrogens with one attached hydrogen (secondary N) is 1. The van der Waals surface area contributed by atoms with Crippen LogP contribution in [-0.4, -0.2) is 94.2 Å². The number of urea groups is 1. The van der Waals surface area contributed by atoms with Crippen molar-refractivity contribution in [2.75, 3.05) is 39.3 Å². The van der Waals surface area contributed by atoms with Gasteiger partial charge in [-0.15, -0.1) is 0 Å². The molecule has 1 aromatic heterocycles. The topological polar surface area (TPSA) is 77.7 Å². The standard InChI is InChI=1S/C25H40F2N6O2/c1-17(2)31-13-15-32(16-14-31)20-19(5-4-8-25(20,26)27)28-23(34)33-11-9-24(3,10-12-33)22-29-21(35-30-22)18-6-7-18/h17-20H,4-16H2,1-3H3,(H,28,34)/t19-,20+/m1/s1.